The number of fused-ring (bicyclic) bond motifs is 1. The summed E-state index contributed by atoms with van der Waals surface area (Å²) in [5, 5.41) is 13.8. The van der Waals surface area contributed by atoms with Crippen molar-refractivity contribution < 1.29 is 9.90 Å². The van der Waals surface area contributed by atoms with Crippen molar-refractivity contribution in [1.29, 1.82) is 0 Å². The molecule has 1 aromatic heterocycles. The van der Waals surface area contributed by atoms with Crippen LogP contribution >= 0.6 is 11.3 Å². The van der Waals surface area contributed by atoms with Crippen molar-refractivity contribution in [2.45, 2.75) is 56.7 Å². The molecule has 4 rings (SSSR count). The topological polar surface area (TPSA) is 65.5 Å². The summed E-state index contributed by atoms with van der Waals surface area (Å²) in [6.45, 7) is 0.793. The van der Waals surface area contributed by atoms with E-state index in [-0.39, 0.29) is 24.2 Å². The maximum Gasteiger partial charge on any atom is 0.318 e. The van der Waals surface area contributed by atoms with Crippen molar-refractivity contribution in [3.8, 4) is 0 Å². The third-order valence-corrected chi connectivity index (χ3v) is 6.27. The van der Waals surface area contributed by atoms with Gasteiger partial charge in [0.05, 0.1) is 22.4 Å². The number of urea groups is 1. The van der Waals surface area contributed by atoms with Crippen LogP contribution < -0.4 is 5.32 Å². The maximum absolute atomic E-state index is 12.7. The van der Waals surface area contributed by atoms with Crippen LogP contribution in [0.25, 0.3) is 10.2 Å². The highest BCUT2D eigenvalue weighted by atomic mass is 32.1. The lowest BCUT2D eigenvalue weighted by Crippen LogP contribution is -2.46. The van der Waals surface area contributed by atoms with E-state index in [2.05, 4.69) is 11.4 Å². The number of hydrogen-bond acceptors (Lipinski definition) is 4. The Morgan fingerprint density at radius 3 is 2.79 bits per heavy atom. The first kappa shape index (κ1) is 15.8. The quantitative estimate of drug-likeness (QED) is 0.876. The molecule has 2 amide bonds. The molecular formula is C18H23N3O2S. The van der Waals surface area contributed by atoms with Crippen LogP contribution in [0.4, 0.5) is 4.79 Å². The minimum Gasteiger partial charge on any atom is -0.393 e. The average Bonchev–Trinajstić information content (AvgIpc) is 3.23. The Kier molecular flexibility index (Phi) is 4.41. The standard InChI is InChI=1S/C18H23N3O2S/c22-13-9-7-12(8-10-13)19-18(23)21-11-3-5-15(21)17-20-14-4-1-2-6-16(14)24-17/h1-2,4,6,12-13,15,22H,3,5,7-11H2,(H,19,23). The Bertz CT molecular complexity index is 691. The summed E-state index contributed by atoms with van der Waals surface area (Å²) in [4.78, 5) is 19.4. The summed E-state index contributed by atoms with van der Waals surface area (Å²) >= 11 is 1.70. The predicted molar refractivity (Wildman–Crippen MR) is 95.1 cm³/mol. The molecule has 5 nitrogen and oxygen atoms in total. The van der Waals surface area contributed by atoms with Crippen molar-refractivity contribution >= 4 is 27.6 Å². The highest BCUT2D eigenvalue weighted by Gasteiger charge is 2.33. The SMILES string of the molecule is O=C(NC1CCC(O)CC1)N1CCCC1c1nc2ccccc2s1. The molecule has 128 valence electrons. The minimum atomic E-state index is -0.194. The van der Waals surface area contributed by atoms with Crippen LogP contribution in [0.3, 0.4) is 0 Å². The van der Waals surface area contributed by atoms with Crippen LogP contribution in [0.5, 0.6) is 0 Å². The van der Waals surface area contributed by atoms with Gasteiger partial charge in [0.15, 0.2) is 0 Å². The fraction of sp³-hybridized carbons (Fsp3) is 0.556. The van der Waals surface area contributed by atoms with Crippen molar-refractivity contribution in [3.05, 3.63) is 29.3 Å². The maximum atomic E-state index is 12.7. The number of carbonyl (C=O) groups is 1. The molecule has 0 bridgehead atoms. The number of nitrogens with one attached hydrogen (secondary N) is 1. The van der Waals surface area contributed by atoms with E-state index in [1.807, 2.05) is 23.1 Å². The largest absolute Gasteiger partial charge is 0.393 e. The van der Waals surface area contributed by atoms with Crippen molar-refractivity contribution in [2.24, 2.45) is 0 Å². The van der Waals surface area contributed by atoms with Gasteiger partial charge >= 0.3 is 6.03 Å². The zero-order valence-electron chi connectivity index (χ0n) is 13.6. The molecule has 2 heterocycles. The molecule has 1 aliphatic heterocycles. The number of likely N-dealkylation sites (tertiary alicyclic amines) is 1. The minimum absolute atomic E-state index is 0.0261. The van der Waals surface area contributed by atoms with Gasteiger partial charge in [-0.3, -0.25) is 0 Å². The first-order valence-corrected chi connectivity index (χ1v) is 9.63. The Hall–Kier alpha value is -1.66. The first-order valence-electron chi connectivity index (χ1n) is 8.81. The Morgan fingerprint density at radius 2 is 2.00 bits per heavy atom. The van der Waals surface area contributed by atoms with Gasteiger partial charge < -0.3 is 15.3 Å². The summed E-state index contributed by atoms with van der Waals surface area (Å²) in [7, 11) is 0. The number of para-hydroxylation sites is 1. The van der Waals surface area contributed by atoms with Gasteiger partial charge in [-0.15, -0.1) is 11.3 Å². The summed E-state index contributed by atoms with van der Waals surface area (Å²) < 4.78 is 1.18. The second kappa shape index (κ2) is 6.69. The molecule has 2 aliphatic rings. The lowest BCUT2D eigenvalue weighted by atomic mass is 9.93. The van der Waals surface area contributed by atoms with Crippen molar-refractivity contribution in [2.75, 3.05) is 6.54 Å². The molecule has 1 unspecified atom stereocenters. The second-order valence-electron chi connectivity index (χ2n) is 6.83. The van der Waals surface area contributed by atoms with Crippen LogP contribution in [0.1, 0.15) is 49.6 Å². The zero-order valence-corrected chi connectivity index (χ0v) is 14.5. The number of aliphatic hydroxyl groups is 1. The fourth-order valence-electron chi connectivity index (χ4n) is 3.78. The van der Waals surface area contributed by atoms with E-state index >= 15 is 0 Å². The van der Waals surface area contributed by atoms with Gasteiger partial charge in [0.2, 0.25) is 0 Å². The van der Waals surface area contributed by atoms with Crippen LogP contribution in [-0.4, -0.2) is 39.7 Å². The van der Waals surface area contributed by atoms with Gasteiger partial charge in [-0.2, -0.15) is 0 Å². The van der Waals surface area contributed by atoms with Gasteiger partial charge in [0.1, 0.15) is 5.01 Å². The number of rotatable bonds is 2. The molecule has 1 aromatic carbocycles. The van der Waals surface area contributed by atoms with E-state index in [1.165, 1.54) is 4.70 Å². The van der Waals surface area contributed by atoms with E-state index in [0.29, 0.717) is 0 Å². The first-order chi connectivity index (χ1) is 11.7. The van der Waals surface area contributed by atoms with E-state index in [0.717, 1.165) is 55.6 Å². The van der Waals surface area contributed by atoms with Gasteiger partial charge in [-0.25, -0.2) is 9.78 Å². The Labute approximate surface area is 145 Å². The highest BCUT2D eigenvalue weighted by molar-refractivity contribution is 7.18. The number of carbonyl (C=O) groups excluding carboxylic acids is 1. The van der Waals surface area contributed by atoms with Gasteiger partial charge in [-0.1, -0.05) is 12.1 Å². The summed E-state index contributed by atoms with van der Waals surface area (Å²) in [5.41, 5.74) is 1.02. The highest BCUT2D eigenvalue weighted by Crippen LogP contribution is 2.36. The summed E-state index contributed by atoms with van der Waals surface area (Å²) in [5.74, 6) is 0. The normalized spacial score (nSPS) is 27.5. The molecule has 1 aliphatic carbocycles. The number of thiazole rings is 1. The van der Waals surface area contributed by atoms with E-state index in [4.69, 9.17) is 4.98 Å². The predicted octanol–water partition coefficient (Wildman–Crippen LogP) is 3.45. The van der Waals surface area contributed by atoms with Gasteiger partial charge in [-0.05, 0) is 50.7 Å². The van der Waals surface area contributed by atoms with Crippen molar-refractivity contribution in [1.82, 2.24) is 15.2 Å². The number of amides is 2. The third-order valence-electron chi connectivity index (χ3n) is 5.13. The smallest absolute Gasteiger partial charge is 0.318 e. The second-order valence-corrected chi connectivity index (χ2v) is 7.89. The Balaban J connectivity index is 1.46. The Morgan fingerprint density at radius 1 is 1.21 bits per heavy atom. The molecule has 2 N–H and O–H groups in total. The van der Waals surface area contributed by atoms with Gasteiger partial charge in [0.25, 0.3) is 0 Å². The molecule has 2 aromatic rings. The van der Waals surface area contributed by atoms with E-state index in [1.54, 1.807) is 11.3 Å². The number of nitrogens with zero attached hydrogens (tertiary/aromatic N) is 2. The fourth-order valence-corrected chi connectivity index (χ4v) is 4.89. The van der Waals surface area contributed by atoms with Gasteiger partial charge in [0, 0.05) is 12.6 Å². The monoisotopic (exact) mass is 345 g/mol. The van der Waals surface area contributed by atoms with Crippen LogP contribution in [0.15, 0.2) is 24.3 Å². The molecule has 0 spiro atoms. The lowest BCUT2D eigenvalue weighted by molar-refractivity contribution is 0.114. The van der Waals surface area contributed by atoms with Crippen molar-refractivity contribution in [3.63, 3.8) is 0 Å². The molecule has 6 heteroatoms. The lowest BCUT2D eigenvalue weighted by Gasteiger charge is -2.30. The van der Waals surface area contributed by atoms with Crippen LogP contribution in [0.2, 0.25) is 0 Å². The molecule has 2 fully saturated rings. The van der Waals surface area contributed by atoms with E-state index in [9.17, 15) is 9.90 Å². The number of aromatic nitrogens is 1. The summed E-state index contributed by atoms with van der Waals surface area (Å²) in [6, 6.07) is 8.46. The number of benzene rings is 1. The molecule has 1 atom stereocenters. The zero-order chi connectivity index (χ0) is 16.5. The number of hydrogen-bond donors (Lipinski definition) is 2. The molecule has 1 saturated heterocycles. The van der Waals surface area contributed by atoms with E-state index < -0.39 is 0 Å². The average molecular weight is 345 g/mol. The molecule has 24 heavy (non-hydrogen) atoms. The third kappa shape index (κ3) is 3.13. The number of aliphatic hydroxyl groups excluding tert-OH is 1. The molecular weight excluding hydrogens is 322 g/mol. The molecule has 0 radical (unpaired) electrons. The van der Waals surface area contributed by atoms with Crippen LogP contribution in [-0.2, 0) is 0 Å². The summed E-state index contributed by atoms with van der Waals surface area (Å²) in [6.07, 6.45) is 5.12. The van der Waals surface area contributed by atoms with Crippen LogP contribution in [0, 0.1) is 0 Å². The molecule has 1 saturated carbocycles.